The van der Waals surface area contributed by atoms with E-state index in [2.05, 4.69) is 0 Å². The minimum Gasteiger partial charge on any atom is -0.507 e. The molecule has 6 heteroatoms. The number of imide groups is 1. The lowest BCUT2D eigenvalue weighted by Gasteiger charge is -2.25. The van der Waals surface area contributed by atoms with Gasteiger partial charge >= 0.3 is 0 Å². The van der Waals surface area contributed by atoms with Crippen molar-refractivity contribution in [3.05, 3.63) is 28.8 Å². The molecule has 0 aromatic heterocycles. The van der Waals surface area contributed by atoms with Crippen molar-refractivity contribution in [2.75, 3.05) is 0 Å². The Morgan fingerprint density at radius 1 is 1.33 bits per heavy atom. The molecular formula is C15H17NO5. The highest BCUT2D eigenvalue weighted by Crippen LogP contribution is 2.28. The van der Waals surface area contributed by atoms with E-state index >= 15 is 0 Å². The van der Waals surface area contributed by atoms with Crippen LogP contribution in [-0.2, 0) is 9.59 Å². The number of Topliss-reactive ketones (excluding diaryl/α,β-unsaturated/α-hetero) is 1. The molecule has 21 heavy (non-hydrogen) atoms. The number of aryl methyl sites for hydroxylation is 2. The van der Waals surface area contributed by atoms with Crippen LogP contribution in [-0.4, -0.2) is 33.9 Å². The molecule has 2 rings (SSSR count). The van der Waals surface area contributed by atoms with Gasteiger partial charge in [0.25, 0.3) is 5.91 Å². The van der Waals surface area contributed by atoms with E-state index in [4.69, 9.17) is 0 Å². The van der Waals surface area contributed by atoms with Crippen molar-refractivity contribution < 1.29 is 24.6 Å². The van der Waals surface area contributed by atoms with Gasteiger partial charge in [0.1, 0.15) is 11.9 Å². The largest absolute Gasteiger partial charge is 0.507 e. The van der Waals surface area contributed by atoms with Crippen LogP contribution in [0.15, 0.2) is 12.1 Å². The fourth-order valence-corrected chi connectivity index (χ4v) is 2.53. The zero-order valence-electron chi connectivity index (χ0n) is 11.8. The van der Waals surface area contributed by atoms with Crippen molar-refractivity contribution in [2.24, 2.45) is 5.92 Å². The number of hydrogen-bond acceptors (Lipinski definition) is 5. The molecule has 2 amide bonds. The Hall–Kier alpha value is -2.21. The van der Waals surface area contributed by atoms with Crippen LogP contribution in [0.2, 0.25) is 0 Å². The molecular weight excluding hydrogens is 274 g/mol. The Morgan fingerprint density at radius 2 is 2.00 bits per heavy atom. The van der Waals surface area contributed by atoms with Crippen molar-refractivity contribution in [1.82, 2.24) is 5.32 Å². The molecule has 0 spiro atoms. The Labute approximate surface area is 121 Å². The number of carbonyl (C=O) groups is 3. The van der Waals surface area contributed by atoms with Gasteiger partial charge in [0, 0.05) is 18.8 Å². The van der Waals surface area contributed by atoms with Gasteiger partial charge in [0.2, 0.25) is 5.91 Å². The third kappa shape index (κ3) is 3.11. The second-order valence-electron chi connectivity index (χ2n) is 5.43. The third-order valence-corrected chi connectivity index (χ3v) is 3.62. The fourth-order valence-electron chi connectivity index (χ4n) is 2.53. The number of amides is 2. The number of phenolic OH excluding ortho intramolecular Hbond substituents is 1. The van der Waals surface area contributed by atoms with Crippen LogP contribution in [0.25, 0.3) is 0 Å². The van der Waals surface area contributed by atoms with Crippen LogP contribution in [0.3, 0.4) is 0 Å². The molecule has 112 valence electrons. The highest BCUT2D eigenvalue weighted by atomic mass is 16.3. The molecule has 2 atom stereocenters. The maximum absolute atomic E-state index is 12.3. The lowest BCUT2D eigenvalue weighted by molar-refractivity contribution is -0.143. The molecule has 3 N–H and O–H groups in total. The average Bonchev–Trinajstić information content (AvgIpc) is 2.39. The van der Waals surface area contributed by atoms with Crippen LogP contribution in [0.4, 0.5) is 0 Å². The molecule has 1 aliphatic rings. The number of nitrogens with one attached hydrogen (secondary N) is 1. The van der Waals surface area contributed by atoms with E-state index in [1.165, 1.54) is 0 Å². The van der Waals surface area contributed by atoms with Gasteiger partial charge < -0.3 is 10.2 Å². The third-order valence-electron chi connectivity index (χ3n) is 3.62. The summed E-state index contributed by atoms with van der Waals surface area (Å²) in [5.41, 5.74) is 1.56. The van der Waals surface area contributed by atoms with E-state index in [0.29, 0.717) is 5.56 Å². The molecule has 1 aromatic rings. The summed E-state index contributed by atoms with van der Waals surface area (Å²) in [6.07, 6.45) is -1.65. The summed E-state index contributed by atoms with van der Waals surface area (Å²) in [4.78, 5) is 35.0. The van der Waals surface area contributed by atoms with E-state index in [1.807, 2.05) is 5.32 Å². The topological polar surface area (TPSA) is 104 Å². The first-order chi connectivity index (χ1) is 9.79. The number of phenols is 1. The number of benzene rings is 1. The maximum Gasteiger partial charge on any atom is 0.255 e. The van der Waals surface area contributed by atoms with Crippen molar-refractivity contribution >= 4 is 17.6 Å². The van der Waals surface area contributed by atoms with Gasteiger partial charge in [-0.25, -0.2) is 0 Å². The predicted octanol–water partition coefficient (Wildman–Crippen LogP) is 0.605. The zero-order chi connectivity index (χ0) is 15.7. The van der Waals surface area contributed by atoms with Gasteiger partial charge in [0.05, 0.1) is 5.56 Å². The van der Waals surface area contributed by atoms with Crippen LogP contribution in [0, 0.1) is 19.8 Å². The smallest absolute Gasteiger partial charge is 0.255 e. The average molecular weight is 291 g/mol. The first kappa shape index (κ1) is 15.2. The molecule has 6 nitrogen and oxygen atoms in total. The number of aliphatic hydroxyl groups excluding tert-OH is 1. The van der Waals surface area contributed by atoms with E-state index in [9.17, 15) is 24.6 Å². The normalized spacial score (nSPS) is 22.0. The highest BCUT2D eigenvalue weighted by molar-refractivity contribution is 6.03. The van der Waals surface area contributed by atoms with Crippen LogP contribution >= 0.6 is 0 Å². The van der Waals surface area contributed by atoms with E-state index in [0.717, 1.165) is 5.56 Å². The number of ketones is 1. The summed E-state index contributed by atoms with van der Waals surface area (Å²) in [5.74, 6) is -2.56. The Balaban J connectivity index is 2.22. The minimum atomic E-state index is -1.39. The second kappa shape index (κ2) is 5.65. The number of rotatable bonds is 3. The SMILES string of the molecule is Cc1cc(C)c(O)c(C(=O)CC2CC(=O)NC(=O)C2O)c1. The summed E-state index contributed by atoms with van der Waals surface area (Å²) in [6, 6.07) is 3.31. The molecule has 1 saturated heterocycles. The van der Waals surface area contributed by atoms with Gasteiger partial charge in [-0.15, -0.1) is 0 Å². The number of aromatic hydroxyl groups is 1. The molecule has 1 heterocycles. The van der Waals surface area contributed by atoms with Gasteiger partial charge in [0.15, 0.2) is 5.78 Å². The highest BCUT2D eigenvalue weighted by Gasteiger charge is 2.36. The summed E-state index contributed by atoms with van der Waals surface area (Å²) < 4.78 is 0. The summed E-state index contributed by atoms with van der Waals surface area (Å²) in [7, 11) is 0. The van der Waals surface area contributed by atoms with E-state index in [1.54, 1.807) is 26.0 Å². The number of piperidine rings is 1. The maximum atomic E-state index is 12.3. The molecule has 0 saturated carbocycles. The molecule has 2 unspecified atom stereocenters. The standard InChI is InChI=1S/C15H17NO5/c1-7-3-8(2)13(19)10(4-7)11(17)5-9-6-12(18)16-15(21)14(9)20/h3-4,9,14,19-20H,5-6H2,1-2H3,(H,16,18,21). The molecule has 0 radical (unpaired) electrons. The Bertz CT molecular complexity index is 623. The minimum absolute atomic E-state index is 0.0930. The molecule has 1 fully saturated rings. The lowest BCUT2D eigenvalue weighted by atomic mass is 9.87. The fraction of sp³-hybridized carbons (Fsp3) is 0.400. The lowest BCUT2D eigenvalue weighted by Crippen LogP contribution is -2.49. The summed E-state index contributed by atoms with van der Waals surface area (Å²) >= 11 is 0. The van der Waals surface area contributed by atoms with E-state index in [-0.39, 0.29) is 24.2 Å². The number of hydrogen-bond donors (Lipinski definition) is 3. The quantitative estimate of drug-likeness (QED) is 0.559. The zero-order valence-corrected chi connectivity index (χ0v) is 11.8. The van der Waals surface area contributed by atoms with E-state index < -0.39 is 29.6 Å². The number of carbonyl (C=O) groups excluding carboxylic acids is 3. The molecule has 0 bridgehead atoms. The van der Waals surface area contributed by atoms with Gasteiger partial charge in [-0.3, -0.25) is 19.7 Å². The Kier molecular flexibility index (Phi) is 4.09. The molecule has 1 aliphatic heterocycles. The van der Waals surface area contributed by atoms with Crippen LogP contribution in [0.5, 0.6) is 5.75 Å². The van der Waals surface area contributed by atoms with Crippen molar-refractivity contribution in [2.45, 2.75) is 32.8 Å². The van der Waals surface area contributed by atoms with Gasteiger partial charge in [-0.05, 0) is 31.0 Å². The van der Waals surface area contributed by atoms with Crippen LogP contribution in [0.1, 0.15) is 34.3 Å². The van der Waals surface area contributed by atoms with Gasteiger partial charge in [-0.2, -0.15) is 0 Å². The Morgan fingerprint density at radius 3 is 2.67 bits per heavy atom. The van der Waals surface area contributed by atoms with Gasteiger partial charge in [-0.1, -0.05) is 6.07 Å². The van der Waals surface area contributed by atoms with Crippen molar-refractivity contribution in [1.29, 1.82) is 0 Å². The first-order valence-electron chi connectivity index (χ1n) is 6.64. The monoisotopic (exact) mass is 291 g/mol. The predicted molar refractivity (Wildman–Crippen MR) is 73.8 cm³/mol. The molecule has 0 aliphatic carbocycles. The summed E-state index contributed by atoms with van der Waals surface area (Å²) in [5, 5.41) is 21.7. The van der Waals surface area contributed by atoms with Crippen molar-refractivity contribution in [3.8, 4) is 5.75 Å². The van der Waals surface area contributed by atoms with Crippen LogP contribution < -0.4 is 5.32 Å². The number of aliphatic hydroxyl groups is 1. The first-order valence-corrected chi connectivity index (χ1v) is 6.64. The second-order valence-corrected chi connectivity index (χ2v) is 5.43. The van der Waals surface area contributed by atoms with Crippen molar-refractivity contribution in [3.63, 3.8) is 0 Å². The molecule has 1 aromatic carbocycles. The summed E-state index contributed by atoms with van der Waals surface area (Å²) in [6.45, 7) is 3.49.